The molecule has 96 valence electrons. The predicted molar refractivity (Wildman–Crippen MR) is 76.9 cm³/mol. The summed E-state index contributed by atoms with van der Waals surface area (Å²) in [6, 6.07) is 11.2. The van der Waals surface area contributed by atoms with Crippen LogP contribution in [0.4, 0.5) is 0 Å². The molecule has 0 bridgehead atoms. The van der Waals surface area contributed by atoms with E-state index in [1.807, 2.05) is 19.9 Å². The van der Waals surface area contributed by atoms with Crippen LogP contribution in [-0.2, 0) is 0 Å². The van der Waals surface area contributed by atoms with Gasteiger partial charge in [0.2, 0.25) is 0 Å². The minimum absolute atomic E-state index is 0.443. The lowest BCUT2D eigenvalue weighted by Gasteiger charge is -2.13. The van der Waals surface area contributed by atoms with Crippen LogP contribution in [0.2, 0.25) is 5.02 Å². The molecule has 0 saturated carbocycles. The molecule has 0 radical (unpaired) electrons. The normalized spacial score (nSPS) is 10.1. The van der Waals surface area contributed by atoms with Crippen molar-refractivity contribution in [3.63, 3.8) is 0 Å². The molecule has 0 saturated heterocycles. The molecule has 0 amide bonds. The fraction of sp³-hybridized carbons (Fsp3) is 0.188. The molecule has 2 aromatic carbocycles. The minimum Gasteiger partial charge on any atom is -0.455 e. The largest absolute Gasteiger partial charge is 0.455 e. The van der Waals surface area contributed by atoms with E-state index in [0.29, 0.717) is 16.3 Å². The van der Waals surface area contributed by atoms with Crippen molar-refractivity contribution < 1.29 is 4.74 Å². The summed E-state index contributed by atoms with van der Waals surface area (Å²) in [5.41, 5.74) is 3.86. The van der Waals surface area contributed by atoms with Gasteiger partial charge in [0, 0.05) is 0 Å². The first-order chi connectivity index (χ1) is 9.01. The Hall–Kier alpha value is -1.98. The fourth-order valence-corrected chi connectivity index (χ4v) is 2.31. The highest BCUT2D eigenvalue weighted by molar-refractivity contribution is 6.32. The van der Waals surface area contributed by atoms with Gasteiger partial charge in [-0.3, -0.25) is 0 Å². The number of hydrogen-bond acceptors (Lipinski definition) is 2. The summed E-state index contributed by atoms with van der Waals surface area (Å²) in [5, 5.41) is 9.25. The highest BCUT2D eigenvalue weighted by Crippen LogP contribution is 2.34. The van der Waals surface area contributed by atoms with Crippen LogP contribution < -0.4 is 4.74 Å². The van der Waals surface area contributed by atoms with Gasteiger partial charge in [0.15, 0.2) is 0 Å². The second-order valence-electron chi connectivity index (χ2n) is 4.59. The fourth-order valence-electron chi connectivity index (χ4n) is 2.09. The van der Waals surface area contributed by atoms with E-state index in [-0.39, 0.29) is 0 Å². The number of aryl methyl sites for hydroxylation is 3. The van der Waals surface area contributed by atoms with Crippen LogP contribution in [0.15, 0.2) is 30.3 Å². The van der Waals surface area contributed by atoms with E-state index in [9.17, 15) is 0 Å². The van der Waals surface area contributed by atoms with Crippen LogP contribution in [0, 0.1) is 32.1 Å². The summed E-state index contributed by atoms with van der Waals surface area (Å²) in [4.78, 5) is 0. The lowest BCUT2D eigenvalue weighted by atomic mass is 10.1. The molecule has 0 aliphatic heterocycles. The second-order valence-corrected chi connectivity index (χ2v) is 4.99. The average molecular weight is 272 g/mol. The summed E-state index contributed by atoms with van der Waals surface area (Å²) in [5.74, 6) is 1.38. The first kappa shape index (κ1) is 13.5. The van der Waals surface area contributed by atoms with Crippen LogP contribution in [0.3, 0.4) is 0 Å². The smallest absolute Gasteiger partial charge is 0.146 e. The van der Waals surface area contributed by atoms with Crippen LogP contribution in [0.1, 0.15) is 22.3 Å². The number of benzene rings is 2. The highest BCUT2D eigenvalue weighted by Gasteiger charge is 2.09. The van der Waals surface area contributed by atoms with Gasteiger partial charge in [0.1, 0.15) is 11.5 Å². The molecule has 3 heteroatoms. The molecule has 0 unspecified atom stereocenters. The van der Waals surface area contributed by atoms with Crippen molar-refractivity contribution in [2.24, 2.45) is 0 Å². The predicted octanol–water partition coefficient (Wildman–Crippen LogP) is 4.93. The van der Waals surface area contributed by atoms with E-state index < -0.39 is 0 Å². The SMILES string of the molecule is Cc1cc(C)c(Oc2ccc(C#N)cc2Cl)c(C)c1. The van der Waals surface area contributed by atoms with Crippen molar-refractivity contribution in [3.8, 4) is 17.6 Å². The first-order valence-electron chi connectivity index (χ1n) is 5.96. The zero-order valence-corrected chi connectivity index (χ0v) is 11.9. The lowest BCUT2D eigenvalue weighted by Crippen LogP contribution is -1.93. The molecule has 0 atom stereocenters. The molecule has 0 aliphatic carbocycles. The standard InChI is InChI=1S/C16H14ClNO/c1-10-6-11(2)16(12(3)7-10)19-15-5-4-13(9-18)8-14(15)17/h4-8H,1-3H3. The van der Waals surface area contributed by atoms with Gasteiger partial charge in [0.05, 0.1) is 16.7 Å². The Bertz CT molecular complexity index is 648. The van der Waals surface area contributed by atoms with Gasteiger partial charge in [-0.2, -0.15) is 5.26 Å². The molecule has 0 aliphatic rings. The van der Waals surface area contributed by atoms with Gasteiger partial charge < -0.3 is 4.74 Å². The van der Waals surface area contributed by atoms with Crippen molar-refractivity contribution in [1.82, 2.24) is 0 Å². The summed E-state index contributed by atoms with van der Waals surface area (Å²) in [6.45, 7) is 6.07. The zero-order valence-electron chi connectivity index (χ0n) is 11.1. The van der Waals surface area contributed by atoms with E-state index in [4.69, 9.17) is 21.6 Å². The molecular weight excluding hydrogens is 258 g/mol. The first-order valence-corrected chi connectivity index (χ1v) is 6.34. The van der Waals surface area contributed by atoms with Gasteiger partial charge in [0.25, 0.3) is 0 Å². The van der Waals surface area contributed by atoms with E-state index in [2.05, 4.69) is 19.1 Å². The Morgan fingerprint density at radius 1 is 1.05 bits per heavy atom. The molecule has 2 nitrogen and oxygen atoms in total. The van der Waals surface area contributed by atoms with E-state index in [0.717, 1.165) is 16.9 Å². The van der Waals surface area contributed by atoms with Crippen LogP contribution >= 0.6 is 11.6 Å². The molecule has 0 fully saturated rings. The van der Waals surface area contributed by atoms with E-state index in [1.165, 1.54) is 5.56 Å². The molecule has 19 heavy (non-hydrogen) atoms. The third-order valence-corrected chi connectivity index (χ3v) is 3.17. The number of hydrogen-bond donors (Lipinski definition) is 0. The van der Waals surface area contributed by atoms with Crippen molar-refractivity contribution in [3.05, 3.63) is 57.6 Å². The van der Waals surface area contributed by atoms with Crippen molar-refractivity contribution in [2.45, 2.75) is 20.8 Å². The van der Waals surface area contributed by atoms with Gasteiger partial charge in [-0.1, -0.05) is 29.3 Å². The molecule has 0 spiro atoms. The number of ether oxygens (including phenoxy) is 1. The highest BCUT2D eigenvalue weighted by atomic mass is 35.5. The minimum atomic E-state index is 0.443. The van der Waals surface area contributed by atoms with Crippen LogP contribution in [0.25, 0.3) is 0 Å². The number of rotatable bonds is 2. The second kappa shape index (κ2) is 5.34. The summed E-state index contributed by atoms with van der Waals surface area (Å²) in [6.07, 6.45) is 0. The summed E-state index contributed by atoms with van der Waals surface area (Å²) >= 11 is 6.12. The van der Waals surface area contributed by atoms with Gasteiger partial charge in [-0.05, 0) is 50.1 Å². The number of nitriles is 1. The quantitative estimate of drug-likeness (QED) is 0.776. The summed E-state index contributed by atoms with van der Waals surface area (Å²) in [7, 11) is 0. The Morgan fingerprint density at radius 3 is 2.21 bits per heavy atom. The maximum Gasteiger partial charge on any atom is 0.146 e. The third-order valence-electron chi connectivity index (χ3n) is 2.88. The topological polar surface area (TPSA) is 33.0 Å². The Balaban J connectivity index is 2.40. The Kier molecular flexibility index (Phi) is 3.78. The Morgan fingerprint density at radius 2 is 1.68 bits per heavy atom. The van der Waals surface area contributed by atoms with E-state index >= 15 is 0 Å². The average Bonchev–Trinajstić information content (AvgIpc) is 2.35. The molecule has 0 N–H and O–H groups in total. The third kappa shape index (κ3) is 2.89. The molecule has 0 heterocycles. The van der Waals surface area contributed by atoms with E-state index in [1.54, 1.807) is 18.2 Å². The van der Waals surface area contributed by atoms with Gasteiger partial charge >= 0.3 is 0 Å². The maximum absolute atomic E-state index is 8.81. The molecule has 0 aromatic heterocycles. The molecule has 2 aromatic rings. The lowest BCUT2D eigenvalue weighted by molar-refractivity contribution is 0.475. The van der Waals surface area contributed by atoms with Crippen LogP contribution in [0.5, 0.6) is 11.5 Å². The van der Waals surface area contributed by atoms with Crippen molar-refractivity contribution in [2.75, 3.05) is 0 Å². The number of halogens is 1. The monoisotopic (exact) mass is 271 g/mol. The Labute approximate surface area is 118 Å². The van der Waals surface area contributed by atoms with Crippen LogP contribution in [-0.4, -0.2) is 0 Å². The van der Waals surface area contributed by atoms with Crippen molar-refractivity contribution >= 4 is 11.6 Å². The maximum atomic E-state index is 8.81. The van der Waals surface area contributed by atoms with Gasteiger partial charge in [-0.15, -0.1) is 0 Å². The van der Waals surface area contributed by atoms with Crippen molar-refractivity contribution in [1.29, 1.82) is 5.26 Å². The summed E-state index contributed by atoms with van der Waals surface area (Å²) < 4.78 is 5.88. The molecule has 2 rings (SSSR count). The molecular formula is C16H14ClNO. The van der Waals surface area contributed by atoms with Gasteiger partial charge in [-0.25, -0.2) is 0 Å². The zero-order chi connectivity index (χ0) is 14.0. The number of nitrogens with zero attached hydrogens (tertiary/aromatic N) is 1.